The molecule has 176 valence electrons. The molecule has 0 amide bonds. The van der Waals surface area contributed by atoms with Crippen molar-refractivity contribution < 1.29 is 92.6 Å². The number of aliphatic hydroxyl groups excluding tert-OH is 2. The molecule has 0 spiro atoms. The first kappa shape index (κ1) is 56.9. The first-order valence-corrected chi connectivity index (χ1v) is 6.60. The van der Waals surface area contributed by atoms with E-state index in [1.165, 1.54) is 0 Å². The SMILES string of the molecule is CCO.CCO.Cn1ccnc1-c1nccn1C.[C-]#[O+].[C-]#[O+].[C-]#[O+].[C-]#[O+].[Cl-].[Cl-].[Rh].[Rh]. The van der Waals surface area contributed by atoms with Gasteiger partial charge in [-0.2, -0.15) is 0 Å². The summed E-state index contributed by atoms with van der Waals surface area (Å²) in [6.07, 6.45) is 7.35. The second kappa shape index (κ2) is 56.6. The Labute approximate surface area is 215 Å². The molecular formula is C16H22Cl2N4O6Rh2-2. The fourth-order valence-electron chi connectivity index (χ4n) is 1.16. The maximum atomic E-state index is 7.57. The number of hydrogen-bond acceptors (Lipinski definition) is 4. The molecule has 30 heavy (non-hydrogen) atoms. The molecule has 0 aliphatic heterocycles. The van der Waals surface area contributed by atoms with Gasteiger partial charge in [-0.05, 0) is 13.8 Å². The second-order valence-electron chi connectivity index (χ2n) is 3.36. The summed E-state index contributed by atoms with van der Waals surface area (Å²) in [7, 11) is 3.91. The zero-order valence-electron chi connectivity index (χ0n) is 16.5. The standard InChI is InChI=1S/C8H10N4.2C2H6O.4CO.2ClH.2Rh/c1-11-5-3-9-7(11)8-10-4-6-12(8)2;2*1-2-3;4*1-2;;;;/h3-6H,1-2H3;2*3H,2H2,1H3;;;;;2*1H;;/p-2. The van der Waals surface area contributed by atoms with Crippen LogP contribution >= 0.6 is 0 Å². The van der Waals surface area contributed by atoms with Crippen molar-refractivity contribution >= 4 is 0 Å². The summed E-state index contributed by atoms with van der Waals surface area (Å²) >= 11 is 0. The molecular weight excluding hydrogens is 621 g/mol. The van der Waals surface area contributed by atoms with Crippen molar-refractivity contribution in [1.82, 2.24) is 19.1 Å². The monoisotopic (exact) mass is 642 g/mol. The van der Waals surface area contributed by atoms with Gasteiger partial charge in [-0.3, -0.25) is 0 Å². The molecule has 2 radical (unpaired) electrons. The van der Waals surface area contributed by atoms with E-state index in [9.17, 15) is 0 Å². The fourth-order valence-corrected chi connectivity index (χ4v) is 1.16. The molecule has 0 unspecified atom stereocenters. The minimum Gasteiger partial charge on any atom is -1.00 e. The summed E-state index contributed by atoms with van der Waals surface area (Å²) in [5.74, 6) is 1.78. The van der Waals surface area contributed by atoms with Crippen molar-refractivity contribution in [1.29, 1.82) is 0 Å². The number of imidazole rings is 2. The van der Waals surface area contributed by atoms with Crippen molar-refractivity contribution in [3.8, 4) is 11.6 Å². The van der Waals surface area contributed by atoms with E-state index < -0.39 is 0 Å². The normalized spacial score (nSPS) is 5.67. The number of halogens is 2. The average Bonchev–Trinajstić information content (AvgIpc) is 3.31. The van der Waals surface area contributed by atoms with Gasteiger partial charge in [-0.25, -0.2) is 9.97 Å². The van der Waals surface area contributed by atoms with Crippen molar-refractivity contribution in [2.24, 2.45) is 14.1 Å². The molecule has 0 aliphatic carbocycles. The molecule has 0 atom stereocenters. The van der Waals surface area contributed by atoms with Crippen LogP contribution in [-0.2, 0) is 71.7 Å². The van der Waals surface area contributed by atoms with Gasteiger partial charge < -0.3 is 44.2 Å². The Morgan fingerprint density at radius 2 is 0.867 bits per heavy atom. The zero-order valence-corrected chi connectivity index (χ0v) is 21.3. The van der Waals surface area contributed by atoms with Crippen molar-refractivity contribution in [3.05, 3.63) is 51.4 Å². The molecule has 2 aromatic rings. The van der Waals surface area contributed by atoms with Gasteiger partial charge in [0.15, 0.2) is 11.6 Å². The van der Waals surface area contributed by atoms with Gasteiger partial charge in [-0.15, -0.1) is 0 Å². The van der Waals surface area contributed by atoms with E-state index in [1.54, 1.807) is 26.2 Å². The Balaban J connectivity index is -0.0000000304. The second-order valence-corrected chi connectivity index (χ2v) is 3.36. The van der Waals surface area contributed by atoms with Gasteiger partial charge >= 0.3 is 45.2 Å². The van der Waals surface area contributed by atoms with Gasteiger partial charge in [0.2, 0.25) is 0 Å². The van der Waals surface area contributed by atoms with E-state index >= 15 is 0 Å². The average molecular weight is 643 g/mol. The Hall–Kier alpha value is -0.873. The Kier molecular flexibility index (Phi) is 107. The van der Waals surface area contributed by atoms with Crippen LogP contribution in [0.3, 0.4) is 0 Å². The van der Waals surface area contributed by atoms with E-state index in [2.05, 4.69) is 36.6 Å². The molecule has 2 rings (SSSR count). The van der Waals surface area contributed by atoms with Crippen molar-refractivity contribution in [2.45, 2.75) is 13.8 Å². The van der Waals surface area contributed by atoms with Crippen LogP contribution in [0.2, 0.25) is 0 Å². The van der Waals surface area contributed by atoms with E-state index in [1.807, 2.05) is 35.6 Å². The van der Waals surface area contributed by atoms with Crippen LogP contribution in [0.25, 0.3) is 11.6 Å². The van der Waals surface area contributed by atoms with Gasteiger partial charge in [0.25, 0.3) is 0 Å². The summed E-state index contributed by atoms with van der Waals surface area (Å²) in [5, 5.41) is 15.1. The van der Waals surface area contributed by atoms with Crippen LogP contribution in [-0.4, -0.2) is 42.5 Å². The molecule has 0 saturated carbocycles. The third kappa shape index (κ3) is 34.6. The maximum Gasteiger partial charge on any atom is 0 e. The van der Waals surface area contributed by atoms with Crippen LogP contribution in [0, 0.1) is 26.6 Å². The molecule has 2 aromatic heterocycles. The quantitative estimate of drug-likeness (QED) is 0.181. The van der Waals surface area contributed by atoms with Gasteiger partial charge in [0.05, 0.1) is 0 Å². The largest absolute Gasteiger partial charge is 1.00 e. The topological polar surface area (TPSA) is 156 Å². The van der Waals surface area contributed by atoms with Gasteiger partial charge in [0, 0.05) is 91.1 Å². The Morgan fingerprint density at radius 1 is 0.700 bits per heavy atom. The number of aryl methyl sites for hydroxylation is 2. The molecule has 0 saturated heterocycles. The number of aliphatic hydroxyl groups is 2. The molecule has 0 aromatic carbocycles. The van der Waals surface area contributed by atoms with Gasteiger partial charge in [-0.1, -0.05) is 0 Å². The first-order chi connectivity index (χ1) is 12.6. The van der Waals surface area contributed by atoms with Crippen LogP contribution in [0.15, 0.2) is 24.8 Å². The summed E-state index contributed by atoms with van der Waals surface area (Å²) in [5.41, 5.74) is 0. The summed E-state index contributed by atoms with van der Waals surface area (Å²) in [4.78, 5) is 8.40. The predicted molar refractivity (Wildman–Crippen MR) is 86.6 cm³/mol. The van der Waals surface area contributed by atoms with E-state index in [0.29, 0.717) is 0 Å². The van der Waals surface area contributed by atoms with Crippen LogP contribution in [0.4, 0.5) is 0 Å². The number of rotatable bonds is 1. The first-order valence-electron chi connectivity index (χ1n) is 6.60. The van der Waals surface area contributed by atoms with Crippen LogP contribution < -0.4 is 24.8 Å². The van der Waals surface area contributed by atoms with Gasteiger partial charge in [0.1, 0.15) is 0 Å². The number of hydrogen-bond donors (Lipinski definition) is 2. The molecule has 0 fully saturated rings. The van der Waals surface area contributed by atoms with Crippen LogP contribution in [0.1, 0.15) is 13.8 Å². The minimum absolute atomic E-state index is 0. The molecule has 0 aliphatic rings. The third-order valence-corrected chi connectivity index (χ3v) is 1.84. The van der Waals surface area contributed by atoms with Crippen LogP contribution in [0.5, 0.6) is 0 Å². The summed E-state index contributed by atoms with van der Waals surface area (Å²) in [6, 6.07) is 0. The predicted octanol–water partition coefficient (Wildman–Crippen LogP) is -5.33. The van der Waals surface area contributed by atoms with Crippen molar-refractivity contribution in [3.63, 3.8) is 0 Å². The smallest absolute Gasteiger partial charge is 0 e. The third-order valence-electron chi connectivity index (χ3n) is 1.84. The van der Waals surface area contributed by atoms with E-state index in [0.717, 1.165) is 11.6 Å². The summed E-state index contributed by atoms with van der Waals surface area (Å²) in [6.45, 7) is 21.9. The molecule has 2 heterocycles. The zero-order chi connectivity index (χ0) is 22.0. The number of nitrogens with zero attached hydrogens (tertiary/aromatic N) is 4. The fraction of sp³-hybridized carbons (Fsp3) is 0.375. The maximum absolute atomic E-state index is 7.57. The molecule has 14 heteroatoms. The molecule has 10 nitrogen and oxygen atoms in total. The van der Waals surface area contributed by atoms with Crippen molar-refractivity contribution in [2.75, 3.05) is 13.2 Å². The summed E-state index contributed by atoms with van der Waals surface area (Å²) < 4.78 is 33.9. The van der Waals surface area contributed by atoms with E-state index in [4.69, 9.17) is 28.8 Å². The van der Waals surface area contributed by atoms with E-state index in [-0.39, 0.29) is 77.0 Å². The molecule has 2 N–H and O–H groups in total. The molecule has 0 bridgehead atoms. The number of aromatic nitrogens is 4. The minimum atomic E-state index is 0. The Bertz CT molecular complexity index is 541. The Morgan fingerprint density at radius 3 is 0.967 bits per heavy atom.